The van der Waals surface area contributed by atoms with Crippen molar-refractivity contribution in [2.45, 2.75) is 55.6 Å². The summed E-state index contributed by atoms with van der Waals surface area (Å²) in [5.74, 6) is 0.377. The Morgan fingerprint density at radius 1 is 1.10 bits per heavy atom. The summed E-state index contributed by atoms with van der Waals surface area (Å²) in [4.78, 5) is 0. The van der Waals surface area contributed by atoms with Crippen LogP contribution >= 0.6 is 0 Å². The van der Waals surface area contributed by atoms with Crippen LogP contribution in [0.1, 0.15) is 12.5 Å². The first-order chi connectivity index (χ1) is 14.3. The third-order valence-corrected chi connectivity index (χ3v) is 5.19. The first-order valence-electron chi connectivity index (χ1n) is 9.63. The molecule has 2 saturated heterocycles. The third kappa shape index (κ3) is 4.67. The molecule has 2 aliphatic rings. The molecule has 1 aromatic carbocycles. The molecular formula is C20H28O10. The summed E-state index contributed by atoms with van der Waals surface area (Å²) in [5.41, 5.74) is -0.979. The summed E-state index contributed by atoms with van der Waals surface area (Å²) in [5, 5.41) is 59.8. The van der Waals surface area contributed by atoms with Crippen molar-refractivity contribution in [3.8, 4) is 5.75 Å². The Morgan fingerprint density at radius 3 is 2.37 bits per heavy atom. The van der Waals surface area contributed by atoms with E-state index in [1.165, 1.54) is 0 Å². The molecule has 0 radical (unpaired) electrons. The zero-order valence-electron chi connectivity index (χ0n) is 16.4. The standard InChI is InChI=1S/C20H28O10/c1-2-3-11-4-6-12(7-5-11)28-18-16(15(24)14(23)13(8-21)29-18)30-19-17(25)20(26,9-22)10-27-19/h2-7,13-19,21-26H,8-10H2,1H3. The lowest BCUT2D eigenvalue weighted by Gasteiger charge is -2.42. The van der Waals surface area contributed by atoms with Crippen LogP contribution in [0.25, 0.3) is 6.08 Å². The second kappa shape index (κ2) is 9.69. The monoisotopic (exact) mass is 428 g/mol. The highest BCUT2D eigenvalue weighted by Crippen LogP contribution is 2.32. The molecule has 0 aliphatic carbocycles. The van der Waals surface area contributed by atoms with Gasteiger partial charge in [0.25, 0.3) is 0 Å². The topological polar surface area (TPSA) is 158 Å². The summed E-state index contributed by atoms with van der Waals surface area (Å²) in [7, 11) is 0. The van der Waals surface area contributed by atoms with Crippen molar-refractivity contribution in [1.29, 1.82) is 0 Å². The maximum absolute atomic E-state index is 10.5. The summed E-state index contributed by atoms with van der Waals surface area (Å²) >= 11 is 0. The van der Waals surface area contributed by atoms with E-state index in [-0.39, 0.29) is 0 Å². The highest BCUT2D eigenvalue weighted by molar-refractivity contribution is 5.50. The molecular weight excluding hydrogens is 400 g/mol. The molecule has 0 amide bonds. The van der Waals surface area contributed by atoms with Crippen molar-refractivity contribution in [3.05, 3.63) is 35.9 Å². The van der Waals surface area contributed by atoms with Gasteiger partial charge in [0.1, 0.15) is 35.8 Å². The Bertz CT molecular complexity index is 710. The van der Waals surface area contributed by atoms with E-state index in [4.69, 9.17) is 18.9 Å². The smallest absolute Gasteiger partial charge is 0.229 e. The summed E-state index contributed by atoms with van der Waals surface area (Å²) < 4.78 is 22.1. The summed E-state index contributed by atoms with van der Waals surface area (Å²) in [6.07, 6.45) is -6.02. The Balaban J connectivity index is 1.78. The van der Waals surface area contributed by atoms with E-state index >= 15 is 0 Å². The predicted molar refractivity (Wildman–Crippen MR) is 102 cm³/mol. The maximum Gasteiger partial charge on any atom is 0.229 e. The van der Waals surface area contributed by atoms with Crippen molar-refractivity contribution in [2.75, 3.05) is 19.8 Å². The Labute approximate surface area is 173 Å². The van der Waals surface area contributed by atoms with Gasteiger partial charge in [0.15, 0.2) is 12.4 Å². The number of aliphatic hydroxyl groups excluding tert-OH is 5. The van der Waals surface area contributed by atoms with Crippen LogP contribution in [-0.2, 0) is 14.2 Å². The van der Waals surface area contributed by atoms with Crippen molar-refractivity contribution in [1.82, 2.24) is 0 Å². The van der Waals surface area contributed by atoms with Crippen molar-refractivity contribution in [3.63, 3.8) is 0 Å². The van der Waals surface area contributed by atoms with Gasteiger partial charge < -0.3 is 49.6 Å². The van der Waals surface area contributed by atoms with E-state index in [1.54, 1.807) is 24.3 Å². The van der Waals surface area contributed by atoms with Gasteiger partial charge in [-0.3, -0.25) is 0 Å². The van der Waals surface area contributed by atoms with Crippen LogP contribution in [0.4, 0.5) is 0 Å². The second-order valence-electron chi connectivity index (χ2n) is 7.38. The molecule has 0 spiro atoms. The largest absolute Gasteiger partial charge is 0.462 e. The minimum atomic E-state index is -1.92. The molecule has 0 saturated carbocycles. The van der Waals surface area contributed by atoms with Gasteiger partial charge >= 0.3 is 0 Å². The van der Waals surface area contributed by atoms with Crippen LogP contribution < -0.4 is 4.74 Å². The SMILES string of the molecule is CC=Cc1ccc(OC2OC(CO)C(O)C(O)C2OC2OCC(O)(CO)C2O)cc1. The quantitative estimate of drug-likeness (QED) is 0.298. The van der Waals surface area contributed by atoms with Crippen LogP contribution in [0, 0.1) is 0 Å². The van der Waals surface area contributed by atoms with Crippen LogP contribution in [0.5, 0.6) is 5.75 Å². The molecule has 8 unspecified atom stereocenters. The van der Waals surface area contributed by atoms with E-state index in [2.05, 4.69) is 0 Å². The average Bonchev–Trinajstić information content (AvgIpc) is 3.03. The van der Waals surface area contributed by atoms with Crippen molar-refractivity contribution in [2.24, 2.45) is 0 Å². The number of hydrogen-bond acceptors (Lipinski definition) is 10. The van der Waals surface area contributed by atoms with Gasteiger partial charge in [-0.15, -0.1) is 0 Å². The molecule has 0 bridgehead atoms. The number of benzene rings is 1. The van der Waals surface area contributed by atoms with Gasteiger partial charge in [-0.25, -0.2) is 0 Å². The minimum absolute atomic E-state index is 0.377. The van der Waals surface area contributed by atoms with Gasteiger partial charge in [0.05, 0.1) is 19.8 Å². The summed E-state index contributed by atoms with van der Waals surface area (Å²) in [6, 6.07) is 6.95. The van der Waals surface area contributed by atoms with Gasteiger partial charge in [-0.2, -0.15) is 0 Å². The van der Waals surface area contributed by atoms with Crippen molar-refractivity contribution >= 4 is 6.08 Å². The molecule has 3 rings (SSSR count). The molecule has 6 N–H and O–H groups in total. The van der Waals surface area contributed by atoms with Gasteiger partial charge in [-0.05, 0) is 24.6 Å². The average molecular weight is 428 g/mol. The maximum atomic E-state index is 10.5. The van der Waals surface area contributed by atoms with Crippen LogP contribution in [0.15, 0.2) is 30.3 Å². The molecule has 30 heavy (non-hydrogen) atoms. The van der Waals surface area contributed by atoms with E-state index in [0.717, 1.165) is 5.56 Å². The van der Waals surface area contributed by atoms with Crippen LogP contribution in [0.3, 0.4) is 0 Å². The lowest BCUT2D eigenvalue weighted by atomic mass is 9.98. The number of hydrogen-bond donors (Lipinski definition) is 6. The number of allylic oxidation sites excluding steroid dienone is 1. The van der Waals surface area contributed by atoms with E-state index in [1.807, 2.05) is 19.1 Å². The molecule has 8 atom stereocenters. The first-order valence-corrected chi connectivity index (χ1v) is 9.63. The first kappa shape index (κ1) is 23.1. The number of aliphatic hydroxyl groups is 6. The summed E-state index contributed by atoms with van der Waals surface area (Å²) in [6.45, 7) is 0.170. The number of ether oxygens (including phenoxy) is 4. The fraction of sp³-hybridized carbons (Fsp3) is 0.600. The van der Waals surface area contributed by atoms with E-state index < -0.39 is 68.5 Å². The molecule has 2 heterocycles. The molecule has 10 nitrogen and oxygen atoms in total. The molecule has 2 aliphatic heterocycles. The number of rotatable bonds is 7. The van der Waals surface area contributed by atoms with Gasteiger partial charge in [0, 0.05) is 0 Å². The lowest BCUT2D eigenvalue weighted by molar-refractivity contribution is -0.318. The molecule has 1 aromatic rings. The van der Waals surface area contributed by atoms with E-state index in [0.29, 0.717) is 5.75 Å². The predicted octanol–water partition coefficient (Wildman–Crippen LogP) is -1.64. The fourth-order valence-corrected chi connectivity index (χ4v) is 3.34. The Morgan fingerprint density at radius 2 is 1.80 bits per heavy atom. The zero-order valence-corrected chi connectivity index (χ0v) is 16.4. The van der Waals surface area contributed by atoms with Gasteiger partial charge in [-0.1, -0.05) is 24.3 Å². The molecule has 10 heteroatoms. The highest BCUT2D eigenvalue weighted by Gasteiger charge is 2.53. The van der Waals surface area contributed by atoms with Crippen LogP contribution in [-0.4, -0.2) is 99.2 Å². The molecule has 168 valence electrons. The fourth-order valence-electron chi connectivity index (χ4n) is 3.34. The van der Waals surface area contributed by atoms with Crippen LogP contribution in [0.2, 0.25) is 0 Å². The minimum Gasteiger partial charge on any atom is -0.462 e. The highest BCUT2D eigenvalue weighted by atomic mass is 16.8. The third-order valence-electron chi connectivity index (χ3n) is 5.19. The van der Waals surface area contributed by atoms with Gasteiger partial charge in [0.2, 0.25) is 6.29 Å². The Kier molecular flexibility index (Phi) is 7.45. The molecule has 2 fully saturated rings. The lowest BCUT2D eigenvalue weighted by Crippen LogP contribution is -2.62. The normalized spacial score (nSPS) is 39.5. The second-order valence-corrected chi connectivity index (χ2v) is 7.38. The molecule has 0 aromatic heterocycles. The van der Waals surface area contributed by atoms with Crippen molar-refractivity contribution < 1.29 is 49.6 Å². The Hall–Kier alpha value is -1.60. The van der Waals surface area contributed by atoms with E-state index in [9.17, 15) is 30.6 Å². The zero-order chi connectivity index (χ0) is 21.9.